The van der Waals surface area contributed by atoms with Crippen molar-refractivity contribution in [3.05, 3.63) is 39.9 Å². The fourth-order valence-corrected chi connectivity index (χ4v) is 2.21. The fourth-order valence-electron chi connectivity index (χ4n) is 1.28. The fraction of sp³-hybridized carbons (Fsp3) is 0.455. The molecule has 0 fully saturated rings. The minimum Gasteiger partial charge on any atom is -0.265 e. The minimum atomic E-state index is -3.67. The number of hydrogen-bond acceptors (Lipinski definition) is 5. The van der Waals surface area contributed by atoms with E-state index < -0.39 is 20.3 Å². The monoisotopic (exact) mass is 273 g/mol. The van der Waals surface area contributed by atoms with Crippen LogP contribution < -0.4 is 0 Å². The molecule has 7 heteroatoms. The summed E-state index contributed by atoms with van der Waals surface area (Å²) < 4.78 is 28.1. The SMILES string of the molecule is CCC(C)S(=O)(=O)OCc1ccccc1[N+](=O)[O-]. The van der Waals surface area contributed by atoms with Gasteiger partial charge in [0.15, 0.2) is 0 Å². The number of nitro benzene ring substituents is 1. The van der Waals surface area contributed by atoms with Crippen LogP contribution in [0.15, 0.2) is 24.3 Å². The topological polar surface area (TPSA) is 86.5 Å². The number of rotatable bonds is 6. The van der Waals surface area contributed by atoms with E-state index in [0.717, 1.165) is 0 Å². The quantitative estimate of drug-likeness (QED) is 0.450. The summed E-state index contributed by atoms with van der Waals surface area (Å²) in [5, 5.41) is 10.1. The lowest BCUT2D eigenvalue weighted by Gasteiger charge is -2.10. The van der Waals surface area contributed by atoms with E-state index >= 15 is 0 Å². The van der Waals surface area contributed by atoms with Crippen molar-refractivity contribution < 1.29 is 17.5 Å². The highest BCUT2D eigenvalue weighted by molar-refractivity contribution is 7.87. The van der Waals surface area contributed by atoms with Crippen LogP contribution in [-0.4, -0.2) is 18.6 Å². The maximum Gasteiger partial charge on any atom is 0.274 e. The van der Waals surface area contributed by atoms with Crippen molar-refractivity contribution in [3.8, 4) is 0 Å². The molecule has 0 aliphatic carbocycles. The number of para-hydroxylation sites is 1. The molecule has 0 saturated heterocycles. The van der Waals surface area contributed by atoms with E-state index in [9.17, 15) is 18.5 Å². The first-order valence-electron chi connectivity index (χ1n) is 5.49. The van der Waals surface area contributed by atoms with Gasteiger partial charge in [-0.2, -0.15) is 8.42 Å². The highest BCUT2D eigenvalue weighted by Gasteiger charge is 2.21. The Balaban J connectivity index is 2.85. The van der Waals surface area contributed by atoms with Gasteiger partial charge in [0.05, 0.1) is 22.3 Å². The van der Waals surface area contributed by atoms with Gasteiger partial charge >= 0.3 is 0 Å². The molecule has 1 rings (SSSR count). The Morgan fingerprint density at radius 3 is 2.56 bits per heavy atom. The molecule has 0 aromatic heterocycles. The Morgan fingerprint density at radius 2 is 2.00 bits per heavy atom. The highest BCUT2D eigenvalue weighted by Crippen LogP contribution is 2.20. The van der Waals surface area contributed by atoms with Crippen molar-refractivity contribution in [2.45, 2.75) is 32.1 Å². The molecule has 1 atom stereocenters. The Labute approximate surface area is 106 Å². The Bertz CT molecular complexity index is 526. The maximum atomic E-state index is 11.6. The molecule has 6 nitrogen and oxygen atoms in total. The molecule has 0 N–H and O–H groups in total. The molecule has 0 spiro atoms. The zero-order chi connectivity index (χ0) is 13.8. The van der Waals surface area contributed by atoms with E-state index in [1.54, 1.807) is 13.0 Å². The first kappa shape index (κ1) is 14.6. The summed E-state index contributed by atoms with van der Waals surface area (Å²) in [5.41, 5.74) is 0.103. The van der Waals surface area contributed by atoms with E-state index in [1.165, 1.54) is 25.1 Å². The smallest absolute Gasteiger partial charge is 0.265 e. The predicted octanol–water partition coefficient (Wildman–Crippen LogP) is 2.24. The first-order valence-corrected chi connectivity index (χ1v) is 6.96. The molecule has 0 radical (unpaired) electrons. The summed E-state index contributed by atoms with van der Waals surface area (Å²) in [7, 11) is -3.67. The molecular formula is C11H15NO5S. The number of hydrogen-bond donors (Lipinski definition) is 0. The third-order valence-corrected chi connectivity index (χ3v) is 4.40. The van der Waals surface area contributed by atoms with Crippen LogP contribution in [0.2, 0.25) is 0 Å². The van der Waals surface area contributed by atoms with E-state index in [1.807, 2.05) is 0 Å². The van der Waals surface area contributed by atoms with E-state index in [0.29, 0.717) is 6.42 Å². The van der Waals surface area contributed by atoms with Gasteiger partial charge in [-0.25, -0.2) is 0 Å². The van der Waals surface area contributed by atoms with Crippen molar-refractivity contribution in [1.82, 2.24) is 0 Å². The lowest BCUT2D eigenvalue weighted by Crippen LogP contribution is -2.19. The second-order valence-electron chi connectivity index (χ2n) is 3.86. The summed E-state index contributed by atoms with van der Waals surface area (Å²) in [4.78, 5) is 10.2. The van der Waals surface area contributed by atoms with E-state index in [4.69, 9.17) is 4.18 Å². The lowest BCUT2D eigenvalue weighted by atomic mass is 10.2. The number of benzene rings is 1. The van der Waals surface area contributed by atoms with Crippen LogP contribution in [0.4, 0.5) is 5.69 Å². The minimum absolute atomic E-state index is 0.142. The van der Waals surface area contributed by atoms with Crippen molar-refractivity contribution in [2.75, 3.05) is 0 Å². The second-order valence-corrected chi connectivity index (χ2v) is 5.89. The van der Waals surface area contributed by atoms with Crippen molar-refractivity contribution in [3.63, 3.8) is 0 Å². The molecular weight excluding hydrogens is 258 g/mol. The van der Waals surface area contributed by atoms with Crippen LogP contribution in [0.1, 0.15) is 25.8 Å². The summed E-state index contributed by atoms with van der Waals surface area (Å²) in [6.45, 7) is 2.95. The molecule has 0 amide bonds. The largest absolute Gasteiger partial charge is 0.274 e. The molecule has 100 valence electrons. The average molecular weight is 273 g/mol. The van der Waals surface area contributed by atoms with Crippen LogP contribution >= 0.6 is 0 Å². The van der Waals surface area contributed by atoms with Crippen molar-refractivity contribution in [1.29, 1.82) is 0 Å². The van der Waals surface area contributed by atoms with Crippen LogP contribution in [0.3, 0.4) is 0 Å². The summed E-state index contributed by atoms with van der Waals surface area (Å²) in [6, 6.07) is 5.91. The van der Waals surface area contributed by atoms with E-state index in [2.05, 4.69) is 0 Å². The van der Waals surface area contributed by atoms with Crippen molar-refractivity contribution in [2.24, 2.45) is 0 Å². The van der Waals surface area contributed by atoms with Crippen LogP contribution in [0.5, 0.6) is 0 Å². The normalized spacial score (nSPS) is 13.2. The summed E-state index contributed by atoms with van der Waals surface area (Å²) >= 11 is 0. The molecule has 0 heterocycles. The third-order valence-electron chi connectivity index (χ3n) is 2.63. The number of nitro groups is 1. The first-order chi connectivity index (χ1) is 8.38. The van der Waals surface area contributed by atoms with Gasteiger partial charge in [-0.3, -0.25) is 14.3 Å². The zero-order valence-corrected chi connectivity index (χ0v) is 11.0. The van der Waals surface area contributed by atoms with Crippen LogP contribution in [0.25, 0.3) is 0 Å². The average Bonchev–Trinajstić information content (AvgIpc) is 2.35. The molecule has 18 heavy (non-hydrogen) atoms. The van der Waals surface area contributed by atoms with Gasteiger partial charge in [-0.05, 0) is 19.4 Å². The maximum absolute atomic E-state index is 11.6. The highest BCUT2D eigenvalue weighted by atomic mass is 32.2. The number of nitrogens with zero attached hydrogens (tertiary/aromatic N) is 1. The summed E-state index contributed by atoms with van der Waals surface area (Å²) in [6.07, 6.45) is 0.430. The van der Waals surface area contributed by atoms with Gasteiger partial charge in [0.25, 0.3) is 15.8 Å². The van der Waals surface area contributed by atoms with Gasteiger partial charge in [0, 0.05) is 6.07 Å². The molecule has 1 aromatic carbocycles. The molecule has 1 unspecified atom stereocenters. The predicted molar refractivity (Wildman–Crippen MR) is 66.6 cm³/mol. The van der Waals surface area contributed by atoms with Gasteiger partial charge in [0.1, 0.15) is 0 Å². The van der Waals surface area contributed by atoms with E-state index in [-0.39, 0.29) is 17.9 Å². The van der Waals surface area contributed by atoms with Crippen molar-refractivity contribution >= 4 is 15.8 Å². The lowest BCUT2D eigenvalue weighted by molar-refractivity contribution is -0.385. The molecule has 0 saturated carbocycles. The van der Waals surface area contributed by atoms with Gasteiger partial charge in [0.2, 0.25) is 0 Å². The molecule has 1 aromatic rings. The standard InChI is InChI=1S/C11H15NO5S/c1-3-9(2)18(15,16)17-8-10-6-4-5-7-11(10)12(13)14/h4-7,9H,3,8H2,1-2H3. The Morgan fingerprint density at radius 1 is 1.39 bits per heavy atom. The van der Waals surface area contributed by atoms with Gasteiger partial charge < -0.3 is 0 Å². The van der Waals surface area contributed by atoms with Gasteiger partial charge in [-0.1, -0.05) is 19.1 Å². The Kier molecular flexibility index (Phi) is 4.80. The molecule has 0 aliphatic heterocycles. The summed E-state index contributed by atoms with van der Waals surface area (Å²) in [5.74, 6) is 0. The third kappa shape index (κ3) is 3.51. The van der Waals surface area contributed by atoms with Crippen LogP contribution in [-0.2, 0) is 20.9 Å². The van der Waals surface area contributed by atoms with Crippen LogP contribution in [0, 0.1) is 10.1 Å². The molecule has 0 aliphatic rings. The second kappa shape index (κ2) is 5.92. The zero-order valence-electron chi connectivity index (χ0n) is 10.2. The van der Waals surface area contributed by atoms with Gasteiger partial charge in [-0.15, -0.1) is 0 Å². The Hall–Kier alpha value is -1.47. The molecule has 0 bridgehead atoms.